The van der Waals surface area contributed by atoms with Crippen LogP contribution < -0.4 is 5.32 Å². The third-order valence-electron chi connectivity index (χ3n) is 3.00. The minimum absolute atomic E-state index is 0.145. The molecule has 1 aromatic heterocycles. The number of rotatable bonds is 1. The Hall–Kier alpha value is -1.29. The number of amides is 1. The number of hydrogen-bond acceptors (Lipinski definition) is 2. The molecule has 0 radical (unpaired) electrons. The second kappa shape index (κ2) is 4.06. The summed E-state index contributed by atoms with van der Waals surface area (Å²) < 4.78 is 1.95. The molecule has 0 unspecified atom stereocenters. The third-order valence-corrected chi connectivity index (χ3v) is 3.00. The van der Waals surface area contributed by atoms with E-state index in [1.807, 2.05) is 35.6 Å². The summed E-state index contributed by atoms with van der Waals surface area (Å²) in [5.74, 6) is 0.145. The predicted molar refractivity (Wildman–Crippen MR) is 58.9 cm³/mol. The number of carbonyl (C=O) groups is 1. The summed E-state index contributed by atoms with van der Waals surface area (Å²) in [4.78, 5) is 14.0. The van der Waals surface area contributed by atoms with Gasteiger partial charge in [0.2, 0.25) is 0 Å². The normalized spacial score (nSPS) is 16.8. The summed E-state index contributed by atoms with van der Waals surface area (Å²) in [5.41, 5.74) is 1.91. The molecule has 0 saturated carbocycles. The van der Waals surface area contributed by atoms with E-state index in [-0.39, 0.29) is 5.91 Å². The summed E-state index contributed by atoms with van der Waals surface area (Å²) in [7, 11) is 1.94. The molecule has 1 aliphatic heterocycles. The monoisotopic (exact) mass is 207 g/mol. The van der Waals surface area contributed by atoms with Gasteiger partial charge in [0.1, 0.15) is 5.69 Å². The van der Waals surface area contributed by atoms with Crippen molar-refractivity contribution in [2.75, 3.05) is 26.2 Å². The minimum Gasteiger partial charge on any atom is -0.344 e. The van der Waals surface area contributed by atoms with E-state index in [4.69, 9.17) is 0 Å². The fourth-order valence-electron chi connectivity index (χ4n) is 1.86. The molecule has 0 atom stereocenters. The van der Waals surface area contributed by atoms with E-state index in [1.54, 1.807) is 0 Å². The molecule has 1 N–H and O–H groups in total. The molecule has 1 amide bonds. The van der Waals surface area contributed by atoms with Crippen molar-refractivity contribution < 1.29 is 4.79 Å². The van der Waals surface area contributed by atoms with Crippen LogP contribution in [0, 0.1) is 6.92 Å². The molecule has 4 heteroatoms. The van der Waals surface area contributed by atoms with Crippen LogP contribution in [0.3, 0.4) is 0 Å². The van der Waals surface area contributed by atoms with Crippen molar-refractivity contribution in [3.8, 4) is 0 Å². The molecule has 2 heterocycles. The molecule has 15 heavy (non-hydrogen) atoms. The fraction of sp³-hybridized carbons (Fsp3) is 0.545. The van der Waals surface area contributed by atoms with Crippen LogP contribution >= 0.6 is 0 Å². The molecule has 1 saturated heterocycles. The number of carbonyl (C=O) groups excluding carboxylic acids is 1. The standard InChI is InChI=1S/C11H17N3O/c1-9-3-4-10(13(9)2)11(15)14-7-5-12-6-8-14/h3-4,12H,5-8H2,1-2H3. The van der Waals surface area contributed by atoms with Crippen LogP contribution in [0.4, 0.5) is 0 Å². The Morgan fingerprint density at radius 1 is 1.33 bits per heavy atom. The van der Waals surface area contributed by atoms with E-state index < -0.39 is 0 Å². The van der Waals surface area contributed by atoms with Crippen LogP contribution in [-0.2, 0) is 7.05 Å². The molecule has 1 aromatic rings. The molecular formula is C11H17N3O. The van der Waals surface area contributed by atoms with Gasteiger partial charge in [0, 0.05) is 38.9 Å². The Morgan fingerprint density at radius 3 is 2.53 bits per heavy atom. The maximum absolute atomic E-state index is 12.1. The molecule has 0 aliphatic carbocycles. The van der Waals surface area contributed by atoms with Gasteiger partial charge in [-0.15, -0.1) is 0 Å². The lowest BCUT2D eigenvalue weighted by atomic mass is 10.3. The van der Waals surface area contributed by atoms with Gasteiger partial charge < -0.3 is 14.8 Å². The van der Waals surface area contributed by atoms with Crippen LogP contribution in [0.5, 0.6) is 0 Å². The Balaban J connectivity index is 2.16. The summed E-state index contributed by atoms with van der Waals surface area (Å²) in [6.07, 6.45) is 0. The smallest absolute Gasteiger partial charge is 0.270 e. The first-order valence-corrected chi connectivity index (χ1v) is 5.32. The van der Waals surface area contributed by atoms with Gasteiger partial charge in [-0.3, -0.25) is 4.79 Å². The van der Waals surface area contributed by atoms with E-state index in [1.165, 1.54) is 0 Å². The first-order valence-electron chi connectivity index (χ1n) is 5.32. The molecule has 1 fully saturated rings. The van der Waals surface area contributed by atoms with Crippen molar-refractivity contribution in [1.29, 1.82) is 0 Å². The van der Waals surface area contributed by atoms with Crippen molar-refractivity contribution in [1.82, 2.24) is 14.8 Å². The van der Waals surface area contributed by atoms with E-state index in [2.05, 4.69) is 5.32 Å². The van der Waals surface area contributed by atoms with Crippen LogP contribution in [-0.4, -0.2) is 41.6 Å². The molecule has 0 bridgehead atoms. The zero-order valence-corrected chi connectivity index (χ0v) is 9.29. The number of nitrogens with one attached hydrogen (secondary N) is 1. The van der Waals surface area contributed by atoms with Crippen LogP contribution in [0.25, 0.3) is 0 Å². The Kier molecular flexibility index (Phi) is 2.77. The van der Waals surface area contributed by atoms with Gasteiger partial charge in [-0.25, -0.2) is 0 Å². The molecule has 1 aliphatic rings. The largest absolute Gasteiger partial charge is 0.344 e. The SMILES string of the molecule is Cc1ccc(C(=O)N2CCNCC2)n1C. The van der Waals surface area contributed by atoms with Crippen molar-refractivity contribution in [3.63, 3.8) is 0 Å². The lowest BCUT2D eigenvalue weighted by Crippen LogP contribution is -2.46. The van der Waals surface area contributed by atoms with Gasteiger partial charge in [-0.1, -0.05) is 0 Å². The van der Waals surface area contributed by atoms with Gasteiger partial charge in [0.05, 0.1) is 0 Å². The highest BCUT2D eigenvalue weighted by atomic mass is 16.2. The molecular weight excluding hydrogens is 190 g/mol. The summed E-state index contributed by atoms with van der Waals surface area (Å²) >= 11 is 0. The first kappa shape index (κ1) is 10.2. The average molecular weight is 207 g/mol. The van der Waals surface area contributed by atoms with Gasteiger partial charge in [-0.2, -0.15) is 0 Å². The molecule has 4 nitrogen and oxygen atoms in total. The molecule has 0 aromatic carbocycles. The van der Waals surface area contributed by atoms with Crippen molar-refractivity contribution in [2.45, 2.75) is 6.92 Å². The predicted octanol–water partition coefficient (Wildman–Crippen LogP) is 0.379. The quantitative estimate of drug-likeness (QED) is 0.723. The van der Waals surface area contributed by atoms with Gasteiger partial charge >= 0.3 is 0 Å². The second-order valence-corrected chi connectivity index (χ2v) is 3.96. The highest BCUT2D eigenvalue weighted by Gasteiger charge is 2.20. The lowest BCUT2D eigenvalue weighted by molar-refractivity contribution is 0.0726. The number of aromatic nitrogens is 1. The zero-order valence-electron chi connectivity index (χ0n) is 9.29. The van der Waals surface area contributed by atoms with Crippen LogP contribution in [0.2, 0.25) is 0 Å². The summed E-state index contributed by atoms with van der Waals surface area (Å²) in [6.45, 7) is 5.42. The fourth-order valence-corrected chi connectivity index (χ4v) is 1.86. The minimum atomic E-state index is 0.145. The van der Waals surface area contributed by atoms with E-state index in [9.17, 15) is 4.79 Å². The van der Waals surface area contributed by atoms with Crippen LogP contribution in [0.15, 0.2) is 12.1 Å². The average Bonchev–Trinajstić information content (AvgIpc) is 2.60. The molecule has 2 rings (SSSR count). The third kappa shape index (κ3) is 1.90. The summed E-state index contributed by atoms with van der Waals surface area (Å²) in [6, 6.07) is 3.88. The number of hydrogen-bond donors (Lipinski definition) is 1. The zero-order chi connectivity index (χ0) is 10.8. The van der Waals surface area contributed by atoms with Gasteiger partial charge in [0.15, 0.2) is 0 Å². The number of piperazine rings is 1. The van der Waals surface area contributed by atoms with Crippen molar-refractivity contribution in [2.24, 2.45) is 7.05 Å². The molecule has 0 spiro atoms. The van der Waals surface area contributed by atoms with E-state index >= 15 is 0 Å². The van der Waals surface area contributed by atoms with E-state index in [0.717, 1.165) is 37.6 Å². The van der Waals surface area contributed by atoms with Crippen molar-refractivity contribution >= 4 is 5.91 Å². The van der Waals surface area contributed by atoms with Gasteiger partial charge in [-0.05, 0) is 19.1 Å². The first-order chi connectivity index (χ1) is 7.20. The Bertz CT molecular complexity index is 364. The van der Waals surface area contributed by atoms with E-state index in [0.29, 0.717) is 0 Å². The highest BCUT2D eigenvalue weighted by Crippen LogP contribution is 2.09. The molecule has 82 valence electrons. The topological polar surface area (TPSA) is 37.3 Å². The highest BCUT2D eigenvalue weighted by molar-refractivity contribution is 5.93. The number of aryl methyl sites for hydroxylation is 1. The maximum Gasteiger partial charge on any atom is 0.270 e. The lowest BCUT2D eigenvalue weighted by Gasteiger charge is -2.27. The number of nitrogens with zero attached hydrogens (tertiary/aromatic N) is 2. The second-order valence-electron chi connectivity index (χ2n) is 3.96. The van der Waals surface area contributed by atoms with Gasteiger partial charge in [0.25, 0.3) is 5.91 Å². The summed E-state index contributed by atoms with van der Waals surface area (Å²) in [5, 5.41) is 3.24. The van der Waals surface area contributed by atoms with Crippen molar-refractivity contribution in [3.05, 3.63) is 23.5 Å². The Labute approximate surface area is 89.9 Å². The van der Waals surface area contributed by atoms with Crippen LogP contribution in [0.1, 0.15) is 16.2 Å². The Morgan fingerprint density at radius 2 is 2.00 bits per heavy atom. The maximum atomic E-state index is 12.1.